The van der Waals surface area contributed by atoms with Crippen molar-refractivity contribution in [3.63, 3.8) is 0 Å². The van der Waals surface area contributed by atoms with Crippen molar-refractivity contribution in [2.75, 3.05) is 6.54 Å². The highest BCUT2D eigenvalue weighted by Crippen LogP contribution is 2.29. The highest BCUT2D eigenvalue weighted by atomic mass is 32.1. The van der Waals surface area contributed by atoms with E-state index in [-0.39, 0.29) is 17.7 Å². The Kier molecular flexibility index (Phi) is 9.43. The molecule has 1 aliphatic heterocycles. The smallest absolute Gasteiger partial charge is 0.326 e. The quantitative estimate of drug-likeness (QED) is 0.302. The minimum absolute atomic E-state index is 0.197. The number of benzene rings is 1. The van der Waals surface area contributed by atoms with Gasteiger partial charge in [0.1, 0.15) is 17.9 Å². The third-order valence-corrected chi connectivity index (χ3v) is 8.88. The Labute approximate surface area is 234 Å². The van der Waals surface area contributed by atoms with Crippen LogP contribution in [0.4, 0.5) is 0 Å². The Morgan fingerprint density at radius 3 is 2.56 bits per heavy atom. The lowest BCUT2D eigenvalue weighted by molar-refractivity contribution is -0.149. The molecule has 1 aliphatic rings. The molecule has 0 radical (unpaired) electrons. The van der Waals surface area contributed by atoms with Gasteiger partial charge in [-0.15, -0.1) is 11.3 Å². The second kappa shape index (κ2) is 12.8. The van der Waals surface area contributed by atoms with Crippen LogP contribution in [0.25, 0.3) is 11.0 Å². The summed E-state index contributed by atoms with van der Waals surface area (Å²) in [6.45, 7) is 8.84. The van der Waals surface area contributed by atoms with Crippen molar-refractivity contribution in [1.82, 2.24) is 19.8 Å². The minimum Gasteiger partial charge on any atom is -0.480 e. The summed E-state index contributed by atoms with van der Waals surface area (Å²) in [5.74, 6) is -0.473. The van der Waals surface area contributed by atoms with Gasteiger partial charge in [-0.05, 0) is 67.7 Å². The van der Waals surface area contributed by atoms with Crippen molar-refractivity contribution >= 4 is 40.2 Å². The number of thiophene rings is 1. The van der Waals surface area contributed by atoms with Gasteiger partial charge in [-0.25, -0.2) is 9.78 Å². The van der Waals surface area contributed by atoms with Gasteiger partial charge in [0.2, 0.25) is 5.91 Å². The van der Waals surface area contributed by atoms with Gasteiger partial charge in [0.25, 0.3) is 5.91 Å². The predicted molar refractivity (Wildman–Crippen MR) is 154 cm³/mol. The van der Waals surface area contributed by atoms with Crippen LogP contribution in [0.2, 0.25) is 0 Å². The van der Waals surface area contributed by atoms with E-state index < -0.39 is 18.1 Å². The maximum Gasteiger partial charge on any atom is 0.326 e. The van der Waals surface area contributed by atoms with E-state index in [1.165, 1.54) is 9.78 Å². The summed E-state index contributed by atoms with van der Waals surface area (Å²) < 4.78 is 2.31. The van der Waals surface area contributed by atoms with Gasteiger partial charge in [-0.3, -0.25) is 9.59 Å². The third-order valence-electron chi connectivity index (χ3n) is 8.00. The number of carboxylic acids is 1. The molecule has 0 bridgehead atoms. The molecule has 3 heterocycles. The first-order valence-corrected chi connectivity index (χ1v) is 15.0. The van der Waals surface area contributed by atoms with Crippen LogP contribution in [0.15, 0.2) is 35.7 Å². The van der Waals surface area contributed by atoms with Gasteiger partial charge in [0.15, 0.2) is 0 Å². The maximum atomic E-state index is 13.5. The number of carbonyl (C=O) groups excluding carboxylic acids is 2. The van der Waals surface area contributed by atoms with Gasteiger partial charge < -0.3 is 19.9 Å². The second-order valence-electron chi connectivity index (χ2n) is 10.6. The number of aliphatic carboxylic acids is 1. The van der Waals surface area contributed by atoms with Crippen LogP contribution in [0.3, 0.4) is 0 Å². The molecule has 9 heteroatoms. The Bertz CT molecular complexity index is 1300. The molecule has 3 aromatic rings. The van der Waals surface area contributed by atoms with E-state index in [4.69, 9.17) is 4.98 Å². The molecule has 1 fully saturated rings. The molecule has 2 amide bonds. The van der Waals surface area contributed by atoms with Crippen molar-refractivity contribution in [3.05, 3.63) is 52.0 Å². The summed E-state index contributed by atoms with van der Waals surface area (Å²) in [6, 6.07) is 8.43. The largest absolute Gasteiger partial charge is 0.480 e. The molecule has 1 saturated heterocycles. The SMILES string of the molecule is CCC(C)C[C@H](NC(=O)c1ccc2c(c1)nc(Cc1cccs1)n2C(CC)CC)C(=O)N1CCC[C@H]1C(=O)O. The Balaban J connectivity index is 1.62. The number of nitrogens with zero attached hydrogens (tertiary/aromatic N) is 3. The Morgan fingerprint density at radius 2 is 1.92 bits per heavy atom. The number of amides is 2. The fraction of sp³-hybridized carbons (Fsp3) is 0.533. The molecule has 1 unspecified atom stereocenters. The average Bonchev–Trinajstić information content (AvgIpc) is 3.69. The molecular formula is C30H40N4O4S. The number of likely N-dealkylation sites (tertiary alicyclic amines) is 1. The standard InChI is InChI=1S/C30H40N4O4S/c1-5-19(4)16-24(29(36)33-14-8-11-26(33)30(37)38)32-28(35)20-12-13-25-23(17-20)31-27(18-22-10-9-15-39-22)34(25)21(6-2)7-3/h9-10,12-13,15,17,19,21,24,26H,5-8,11,14,16,18H2,1-4H3,(H,32,35)(H,37,38)/t19?,24-,26-/m0/s1. The normalized spacial score (nSPS) is 17.1. The van der Waals surface area contributed by atoms with E-state index >= 15 is 0 Å². The first-order valence-electron chi connectivity index (χ1n) is 14.1. The molecule has 210 valence electrons. The lowest BCUT2D eigenvalue weighted by atomic mass is 9.97. The fourth-order valence-corrected chi connectivity index (χ4v) is 6.27. The van der Waals surface area contributed by atoms with E-state index in [2.05, 4.69) is 35.2 Å². The molecule has 2 aromatic heterocycles. The van der Waals surface area contributed by atoms with E-state index in [1.807, 2.05) is 32.0 Å². The van der Waals surface area contributed by atoms with Gasteiger partial charge in [0, 0.05) is 29.4 Å². The monoisotopic (exact) mass is 552 g/mol. The van der Waals surface area contributed by atoms with Crippen LogP contribution < -0.4 is 5.32 Å². The van der Waals surface area contributed by atoms with Gasteiger partial charge in [0.05, 0.1) is 11.0 Å². The van der Waals surface area contributed by atoms with Crippen LogP contribution in [0.5, 0.6) is 0 Å². The van der Waals surface area contributed by atoms with Crippen molar-refractivity contribution in [2.24, 2.45) is 5.92 Å². The highest BCUT2D eigenvalue weighted by molar-refractivity contribution is 7.09. The number of nitrogens with one attached hydrogen (secondary N) is 1. The first kappa shape index (κ1) is 28.8. The predicted octanol–water partition coefficient (Wildman–Crippen LogP) is 5.66. The Hall–Kier alpha value is -3.20. The molecule has 4 rings (SSSR count). The zero-order valence-electron chi connectivity index (χ0n) is 23.4. The van der Waals surface area contributed by atoms with Crippen LogP contribution in [-0.4, -0.2) is 56.0 Å². The summed E-state index contributed by atoms with van der Waals surface area (Å²) in [6.07, 6.45) is 5.10. The molecule has 0 aliphatic carbocycles. The van der Waals surface area contributed by atoms with Crippen LogP contribution in [-0.2, 0) is 16.0 Å². The summed E-state index contributed by atoms with van der Waals surface area (Å²) in [5.41, 5.74) is 2.20. The number of rotatable bonds is 12. The molecule has 3 atom stereocenters. The fourth-order valence-electron chi connectivity index (χ4n) is 5.56. The molecule has 39 heavy (non-hydrogen) atoms. The van der Waals surface area contributed by atoms with Crippen molar-refractivity contribution in [1.29, 1.82) is 0 Å². The van der Waals surface area contributed by atoms with Crippen LogP contribution >= 0.6 is 11.3 Å². The summed E-state index contributed by atoms with van der Waals surface area (Å²) in [7, 11) is 0. The van der Waals surface area contributed by atoms with Crippen LogP contribution in [0.1, 0.15) is 93.3 Å². The molecule has 8 nitrogen and oxygen atoms in total. The number of hydrogen-bond acceptors (Lipinski definition) is 5. The lowest BCUT2D eigenvalue weighted by Crippen LogP contribution is -2.52. The molecule has 2 N–H and O–H groups in total. The molecule has 1 aromatic carbocycles. The Morgan fingerprint density at radius 1 is 1.15 bits per heavy atom. The topological polar surface area (TPSA) is 105 Å². The molecular weight excluding hydrogens is 512 g/mol. The summed E-state index contributed by atoms with van der Waals surface area (Å²) in [5, 5.41) is 14.6. The number of aromatic nitrogens is 2. The van der Waals surface area contributed by atoms with E-state index in [0.717, 1.165) is 42.5 Å². The third kappa shape index (κ3) is 6.35. The van der Waals surface area contributed by atoms with E-state index in [0.29, 0.717) is 37.4 Å². The van der Waals surface area contributed by atoms with Gasteiger partial charge in [-0.1, -0.05) is 40.2 Å². The van der Waals surface area contributed by atoms with E-state index in [1.54, 1.807) is 17.4 Å². The minimum atomic E-state index is -0.994. The summed E-state index contributed by atoms with van der Waals surface area (Å²) >= 11 is 1.71. The maximum absolute atomic E-state index is 13.5. The van der Waals surface area contributed by atoms with E-state index in [9.17, 15) is 19.5 Å². The van der Waals surface area contributed by atoms with Crippen molar-refractivity contribution in [2.45, 2.75) is 90.8 Å². The van der Waals surface area contributed by atoms with Crippen molar-refractivity contribution in [3.8, 4) is 0 Å². The number of carbonyl (C=O) groups is 3. The number of hydrogen-bond donors (Lipinski definition) is 2. The zero-order valence-corrected chi connectivity index (χ0v) is 24.2. The average molecular weight is 553 g/mol. The molecule has 0 spiro atoms. The van der Waals surface area contributed by atoms with Gasteiger partial charge in [-0.2, -0.15) is 0 Å². The molecule has 0 saturated carbocycles. The second-order valence-corrected chi connectivity index (χ2v) is 11.7. The lowest BCUT2D eigenvalue weighted by Gasteiger charge is -2.28. The number of fused-ring (bicyclic) bond motifs is 1. The van der Waals surface area contributed by atoms with Crippen molar-refractivity contribution < 1.29 is 19.5 Å². The highest BCUT2D eigenvalue weighted by Gasteiger charge is 2.38. The number of carboxylic acid groups (broad SMARTS) is 1. The van der Waals surface area contributed by atoms with Crippen LogP contribution in [0, 0.1) is 5.92 Å². The van der Waals surface area contributed by atoms with Gasteiger partial charge >= 0.3 is 5.97 Å². The summed E-state index contributed by atoms with van der Waals surface area (Å²) in [4.78, 5) is 46.3. The number of imidazole rings is 1. The first-order chi connectivity index (χ1) is 18.8. The zero-order chi connectivity index (χ0) is 28.1.